The standard InChI is InChI=1S/C9H12N4/c1-6-11-5-7(4-10)9(12-6)13-8-2-3-8/h4-5,8,10H,2-3H2,1H3,(H,11,12,13). The van der Waals surface area contributed by atoms with Gasteiger partial charge in [0.1, 0.15) is 11.6 Å². The lowest BCUT2D eigenvalue weighted by atomic mass is 10.3. The van der Waals surface area contributed by atoms with Gasteiger partial charge in [-0.15, -0.1) is 0 Å². The van der Waals surface area contributed by atoms with E-state index in [1.54, 1.807) is 6.20 Å². The van der Waals surface area contributed by atoms with Gasteiger partial charge in [0, 0.05) is 18.5 Å². The average Bonchev–Trinajstić information content (AvgIpc) is 2.89. The maximum absolute atomic E-state index is 7.17. The van der Waals surface area contributed by atoms with E-state index in [4.69, 9.17) is 5.41 Å². The second-order valence-corrected chi connectivity index (χ2v) is 3.28. The van der Waals surface area contributed by atoms with Crippen LogP contribution in [-0.2, 0) is 0 Å². The minimum Gasteiger partial charge on any atom is -0.367 e. The van der Waals surface area contributed by atoms with Gasteiger partial charge in [-0.2, -0.15) is 0 Å². The SMILES string of the molecule is Cc1ncc(C=N)c(NC2CC2)n1. The van der Waals surface area contributed by atoms with Gasteiger partial charge in [-0.05, 0) is 19.8 Å². The van der Waals surface area contributed by atoms with E-state index in [2.05, 4.69) is 15.3 Å². The molecular weight excluding hydrogens is 164 g/mol. The Balaban J connectivity index is 2.27. The van der Waals surface area contributed by atoms with E-state index >= 15 is 0 Å². The van der Waals surface area contributed by atoms with E-state index in [0.29, 0.717) is 6.04 Å². The number of hydrogen-bond donors (Lipinski definition) is 2. The van der Waals surface area contributed by atoms with Crippen molar-refractivity contribution < 1.29 is 0 Å². The molecule has 0 aliphatic heterocycles. The summed E-state index contributed by atoms with van der Waals surface area (Å²) >= 11 is 0. The van der Waals surface area contributed by atoms with Crippen LogP contribution in [-0.4, -0.2) is 22.2 Å². The lowest BCUT2D eigenvalue weighted by Gasteiger charge is -2.06. The van der Waals surface area contributed by atoms with E-state index < -0.39 is 0 Å². The molecule has 0 aromatic carbocycles. The smallest absolute Gasteiger partial charge is 0.138 e. The number of nitrogens with one attached hydrogen (secondary N) is 2. The van der Waals surface area contributed by atoms with Crippen LogP contribution in [0.4, 0.5) is 5.82 Å². The maximum Gasteiger partial charge on any atom is 0.138 e. The number of aromatic nitrogens is 2. The fourth-order valence-corrected chi connectivity index (χ4v) is 1.12. The van der Waals surface area contributed by atoms with E-state index in [1.165, 1.54) is 19.1 Å². The van der Waals surface area contributed by atoms with Gasteiger partial charge in [0.05, 0.1) is 5.56 Å². The summed E-state index contributed by atoms with van der Waals surface area (Å²) in [6, 6.07) is 0.563. The zero-order valence-electron chi connectivity index (χ0n) is 7.54. The lowest BCUT2D eigenvalue weighted by molar-refractivity contribution is 1.02. The minimum atomic E-state index is 0.563. The van der Waals surface area contributed by atoms with E-state index in [0.717, 1.165) is 17.2 Å². The Morgan fingerprint density at radius 2 is 2.38 bits per heavy atom. The summed E-state index contributed by atoms with van der Waals surface area (Å²) in [6.07, 6.45) is 5.38. The monoisotopic (exact) mass is 176 g/mol. The molecule has 1 aliphatic carbocycles. The van der Waals surface area contributed by atoms with Crippen LogP contribution in [0.15, 0.2) is 6.20 Å². The molecule has 68 valence electrons. The molecule has 1 aromatic rings. The van der Waals surface area contributed by atoms with E-state index in [-0.39, 0.29) is 0 Å². The van der Waals surface area contributed by atoms with Crippen LogP contribution in [0.3, 0.4) is 0 Å². The molecule has 0 bridgehead atoms. The summed E-state index contributed by atoms with van der Waals surface area (Å²) in [4.78, 5) is 8.29. The van der Waals surface area contributed by atoms with Crippen LogP contribution in [0, 0.1) is 12.3 Å². The van der Waals surface area contributed by atoms with Crippen LogP contribution in [0.1, 0.15) is 24.2 Å². The number of hydrogen-bond acceptors (Lipinski definition) is 4. The van der Waals surface area contributed by atoms with Crippen molar-refractivity contribution in [3.63, 3.8) is 0 Å². The Bertz CT molecular complexity index is 330. The molecular formula is C9H12N4. The minimum absolute atomic E-state index is 0.563. The summed E-state index contributed by atoms with van der Waals surface area (Å²) in [7, 11) is 0. The molecule has 1 heterocycles. The number of anilines is 1. The number of rotatable bonds is 3. The van der Waals surface area contributed by atoms with E-state index in [1.807, 2.05) is 6.92 Å². The highest BCUT2D eigenvalue weighted by atomic mass is 15.1. The molecule has 0 radical (unpaired) electrons. The Kier molecular flexibility index (Phi) is 1.96. The first-order chi connectivity index (χ1) is 6.29. The van der Waals surface area contributed by atoms with Crippen molar-refractivity contribution in [2.45, 2.75) is 25.8 Å². The van der Waals surface area contributed by atoms with Crippen molar-refractivity contribution in [2.24, 2.45) is 0 Å². The molecule has 4 heteroatoms. The third-order valence-corrected chi connectivity index (χ3v) is 2.01. The van der Waals surface area contributed by atoms with Gasteiger partial charge in [-0.1, -0.05) is 0 Å². The van der Waals surface area contributed by atoms with E-state index in [9.17, 15) is 0 Å². The van der Waals surface area contributed by atoms with Gasteiger partial charge in [-0.25, -0.2) is 9.97 Å². The molecule has 1 aromatic heterocycles. The van der Waals surface area contributed by atoms with Crippen molar-refractivity contribution in [3.05, 3.63) is 17.6 Å². The van der Waals surface area contributed by atoms with Crippen LogP contribution >= 0.6 is 0 Å². The van der Waals surface area contributed by atoms with Gasteiger partial charge >= 0.3 is 0 Å². The summed E-state index contributed by atoms with van der Waals surface area (Å²) < 4.78 is 0. The lowest BCUT2D eigenvalue weighted by Crippen LogP contribution is -2.07. The quantitative estimate of drug-likeness (QED) is 0.683. The highest BCUT2D eigenvalue weighted by molar-refractivity contribution is 5.83. The fraction of sp³-hybridized carbons (Fsp3) is 0.444. The third kappa shape index (κ3) is 1.83. The molecule has 2 N–H and O–H groups in total. The van der Waals surface area contributed by atoms with Gasteiger partial charge in [-0.3, -0.25) is 0 Å². The predicted octanol–water partition coefficient (Wildman–Crippen LogP) is 1.36. The molecule has 1 aliphatic rings. The van der Waals surface area contributed by atoms with Crippen molar-refractivity contribution in [1.82, 2.24) is 9.97 Å². The first-order valence-electron chi connectivity index (χ1n) is 4.40. The van der Waals surface area contributed by atoms with Crippen molar-refractivity contribution in [1.29, 1.82) is 5.41 Å². The Labute approximate surface area is 76.9 Å². The van der Waals surface area contributed by atoms with Crippen LogP contribution in [0.25, 0.3) is 0 Å². The summed E-state index contributed by atoms with van der Waals surface area (Å²) in [5.41, 5.74) is 0.762. The molecule has 0 spiro atoms. The second-order valence-electron chi connectivity index (χ2n) is 3.28. The summed E-state index contributed by atoms with van der Waals surface area (Å²) in [5.74, 6) is 1.54. The highest BCUT2D eigenvalue weighted by Gasteiger charge is 2.22. The van der Waals surface area contributed by atoms with Gasteiger partial charge in [0.2, 0.25) is 0 Å². The van der Waals surface area contributed by atoms with Crippen LogP contribution < -0.4 is 5.32 Å². The molecule has 1 fully saturated rings. The van der Waals surface area contributed by atoms with Crippen molar-refractivity contribution in [2.75, 3.05) is 5.32 Å². The van der Waals surface area contributed by atoms with Crippen molar-refractivity contribution in [3.8, 4) is 0 Å². The summed E-state index contributed by atoms with van der Waals surface area (Å²) in [6.45, 7) is 1.85. The molecule has 0 unspecified atom stereocenters. The Morgan fingerprint density at radius 1 is 1.62 bits per heavy atom. The average molecular weight is 176 g/mol. The van der Waals surface area contributed by atoms with Gasteiger partial charge in [0.25, 0.3) is 0 Å². The molecule has 1 saturated carbocycles. The molecule has 0 atom stereocenters. The van der Waals surface area contributed by atoms with Gasteiger partial charge < -0.3 is 10.7 Å². The van der Waals surface area contributed by atoms with Crippen LogP contribution in [0.5, 0.6) is 0 Å². The van der Waals surface area contributed by atoms with Crippen LogP contribution in [0.2, 0.25) is 0 Å². The molecule has 0 saturated heterocycles. The topological polar surface area (TPSA) is 61.7 Å². The number of aryl methyl sites for hydroxylation is 1. The zero-order valence-corrected chi connectivity index (χ0v) is 7.54. The normalized spacial score (nSPS) is 15.5. The third-order valence-electron chi connectivity index (χ3n) is 2.01. The van der Waals surface area contributed by atoms with Gasteiger partial charge in [0.15, 0.2) is 0 Å². The highest BCUT2D eigenvalue weighted by Crippen LogP contribution is 2.24. The molecule has 4 nitrogen and oxygen atoms in total. The molecule has 13 heavy (non-hydrogen) atoms. The Morgan fingerprint density at radius 3 is 3.00 bits per heavy atom. The zero-order chi connectivity index (χ0) is 9.26. The predicted molar refractivity (Wildman–Crippen MR) is 51.3 cm³/mol. The summed E-state index contributed by atoms with van der Waals surface area (Å²) in [5, 5.41) is 10.4. The molecule has 2 rings (SSSR count). The molecule has 0 amide bonds. The fourth-order valence-electron chi connectivity index (χ4n) is 1.12. The first kappa shape index (κ1) is 8.16. The Hall–Kier alpha value is -1.45. The largest absolute Gasteiger partial charge is 0.367 e. The van der Waals surface area contributed by atoms with Crippen molar-refractivity contribution >= 4 is 12.0 Å². The first-order valence-corrected chi connectivity index (χ1v) is 4.40. The second kappa shape index (κ2) is 3.12. The maximum atomic E-state index is 7.17. The number of nitrogens with zero attached hydrogens (tertiary/aromatic N) is 2.